The number of aliphatic imine (C=N–C) groups is 2. The Hall–Kier alpha value is -5.92. The lowest BCUT2D eigenvalue weighted by atomic mass is 9.96. The smallest absolute Gasteiger partial charge is 0.246 e. The molecule has 0 bridgehead atoms. The summed E-state index contributed by atoms with van der Waals surface area (Å²) in [6.45, 7) is 5.31. The van der Waals surface area contributed by atoms with Gasteiger partial charge in [0.25, 0.3) is 0 Å². The molecule has 2 saturated heterocycles. The number of nitrogens with two attached hydrogens (primary N) is 4. The van der Waals surface area contributed by atoms with Gasteiger partial charge in [-0.2, -0.15) is 0 Å². The summed E-state index contributed by atoms with van der Waals surface area (Å²) in [6, 6.07) is 0.0391. The zero-order valence-electron chi connectivity index (χ0n) is 34.0. The molecule has 15 N–H and O–H groups in total. The third kappa shape index (κ3) is 12.8. The van der Waals surface area contributed by atoms with E-state index in [1.165, 1.54) is 11.8 Å². The minimum absolute atomic E-state index is 0.0211. The molecule has 8 atom stereocenters. The zero-order chi connectivity index (χ0) is 43.2. The van der Waals surface area contributed by atoms with Crippen molar-refractivity contribution < 1.29 is 33.9 Å². The SMILES string of the molecule is CC[C@H](C)[C@@H]1NC(=O)[C@H]([C@@H](C)O)NC(=O)[C@H]2CCCCN2C(=O)[C@H](Cc2c[nH]c3ccccc23)NC(=O)[C@H](CCCN=C(N)N)NC(=O)[C@@H](CCCN=C(N)N)NC1=O. The maximum Gasteiger partial charge on any atom is 0.246 e. The highest BCUT2D eigenvalue weighted by molar-refractivity contribution is 5.99. The van der Waals surface area contributed by atoms with Crippen molar-refractivity contribution in [2.24, 2.45) is 38.8 Å². The number of rotatable bonds is 13. The number of carbonyl (C=O) groups is 6. The molecule has 0 spiro atoms. The molecular formula is C39H61N13O7. The highest BCUT2D eigenvalue weighted by Crippen LogP contribution is 2.23. The van der Waals surface area contributed by atoms with Gasteiger partial charge in [-0.15, -0.1) is 0 Å². The van der Waals surface area contributed by atoms with E-state index in [4.69, 9.17) is 22.9 Å². The number of piperidine rings is 1. The van der Waals surface area contributed by atoms with E-state index in [9.17, 15) is 33.9 Å². The molecule has 0 saturated carbocycles. The Bertz CT molecular complexity index is 1860. The van der Waals surface area contributed by atoms with Crippen LogP contribution in [0.5, 0.6) is 0 Å². The Morgan fingerprint density at radius 1 is 0.763 bits per heavy atom. The lowest BCUT2D eigenvalue weighted by Crippen LogP contribution is -2.64. The van der Waals surface area contributed by atoms with Crippen LogP contribution in [0, 0.1) is 5.92 Å². The second kappa shape index (κ2) is 21.7. The predicted octanol–water partition coefficient (Wildman–Crippen LogP) is -1.94. The first-order valence-electron chi connectivity index (χ1n) is 20.3. The Morgan fingerprint density at radius 2 is 1.32 bits per heavy atom. The molecule has 0 unspecified atom stereocenters. The first-order chi connectivity index (χ1) is 28.1. The number of H-pyrrole nitrogens is 1. The van der Waals surface area contributed by atoms with Gasteiger partial charge in [0, 0.05) is 43.2 Å². The molecule has 0 aliphatic carbocycles. The maximum absolute atomic E-state index is 14.7. The van der Waals surface area contributed by atoms with Crippen LogP contribution in [-0.4, -0.2) is 124 Å². The number of aromatic nitrogens is 1. The van der Waals surface area contributed by atoms with E-state index in [-0.39, 0.29) is 70.1 Å². The topological polar surface area (TPSA) is 331 Å². The number of aliphatic hydroxyl groups is 1. The number of hydrogen-bond donors (Lipinski definition) is 11. The molecule has 2 aliphatic heterocycles. The monoisotopic (exact) mass is 823 g/mol. The number of hydrogen-bond acceptors (Lipinski definition) is 9. The molecule has 324 valence electrons. The molecule has 0 radical (unpaired) electrons. The van der Waals surface area contributed by atoms with Gasteiger partial charge in [-0.25, -0.2) is 0 Å². The van der Waals surface area contributed by atoms with Crippen LogP contribution in [0.4, 0.5) is 0 Å². The van der Waals surface area contributed by atoms with E-state index in [2.05, 4.69) is 41.6 Å². The Labute approximate surface area is 343 Å². The molecule has 2 aliphatic rings. The summed E-state index contributed by atoms with van der Waals surface area (Å²) in [5, 5.41) is 25.3. The van der Waals surface area contributed by atoms with E-state index in [1.54, 1.807) is 13.1 Å². The molecule has 3 heterocycles. The fraction of sp³-hybridized carbons (Fsp3) is 0.590. The molecule has 6 amide bonds. The summed E-state index contributed by atoms with van der Waals surface area (Å²) < 4.78 is 0. The van der Waals surface area contributed by atoms with Crippen molar-refractivity contribution in [1.29, 1.82) is 0 Å². The van der Waals surface area contributed by atoms with Gasteiger partial charge in [0.1, 0.15) is 36.3 Å². The van der Waals surface area contributed by atoms with Crippen LogP contribution in [0.25, 0.3) is 10.9 Å². The number of guanidine groups is 2. The summed E-state index contributed by atoms with van der Waals surface area (Å²) in [4.78, 5) is 97.9. The van der Waals surface area contributed by atoms with Gasteiger partial charge in [0.05, 0.1) is 6.10 Å². The van der Waals surface area contributed by atoms with Crippen molar-refractivity contribution in [1.82, 2.24) is 36.5 Å². The van der Waals surface area contributed by atoms with Crippen LogP contribution in [-0.2, 0) is 35.2 Å². The number of para-hydroxylation sites is 1. The fourth-order valence-corrected chi connectivity index (χ4v) is 7.34. The van der Waals surface area contributed by atoms with E-state index in [0.717, 1.165) is 16.5 Å². The molecule has 2 aromatic rings. The third-order valence-electron chi connectivity index (χ3n) is 10.8. The van der Waals surface area contributed by atoms with Crippen molar-refractivity contribution in [2.45, 2.75) is 121 Å². The number of amides is 6. The van der Waals surface area contributed by atoms with Gasteiger partial charge in [0.2, 0.25) is 35.4 Å². The average molecular weight is 824 g/mol. The van der Waals surface area contributed by atoms with Crippen LogP contribution in [0.3, 0.4) is 0 Å². The van der Waals surface area contributed by atoms with Gasteiger partial charge >= 0.3 is 0 Å². The molecule has 20 nitrogen and oxygen atoms in total. The van der Waals surface area contributed by atoms with Gasteiger partial charge in [-0.3, -0.25) is 38.8 Å². The standard InChI is InChI=1S/C39H61N13O7/c1-4-21(2)30-35(57)48-27(14-10-17-45-39(42)43)32(54)47-26(13-9-16-44-38(40)41)33(55)49-28(19-23-20-46-25-12-6-5-11-24(23)25)37(59)52-18-8-7-15-29(52)34(56)51-31(22(3)53)36(58)50-30/h5-6,11-12,20-22,26-31,46,53H,4,7-10,13-19H2,1-3H3,(H,47,54)(H,48,57)(H,49,55)(H,50,58)(H,51,56)(H4,40,41,44)(H4,42,43,45)/t21-,22+,26-,27+,28-,29+,30-,31-/m0/s1. The molecule has 4 rings (SSSR count). The molecule has 1 aromatic heterocycles. The van der Waals surface area contributed by atoms with Crippen molar-refractivity contribution in [3.05, 3.63) is 36.0 Å². The van der Waals surface area contributed by atoms with E-state index in [0.29, 0.717) is 19.3 Å². The van der Waals surface area contributed by atoms with Crippen LogP contribution >= 0.6 is 0 Å². The van der Waals surface area contributed by atoms with E-state index >= 15 is 0 Å². The number of benzene rings is 1. The fourth-order valence-electron chi connectivity index (χ4n) is 7.34. The first-order valence-corrected chi connectivity index (χ1v) is 20.3. The lowest BCUT2D eigenvalue weighted by Gasteiger charge is -2.38. The minimum atomic E-state index is -1.50. The number of fused-ring (bicyclic) bond motifs is 2. The molecular weight excluding hydrogens is 763 g/mol. The lowest BCUT2D eigenvalue weighted by molar-refractivity contribution is -0.146. The van der Waals surface area contributed by atoms with Gasteiger partial charge < -0.3 is 64.5 Å². The van der Waals surface area contributed by atoms with Crippen molar-refractivity contribution >= 4 is 58.3 Å². The quantitative estimate of drug-likeness (QED) is 0.0600. The third-order valence-corrected chi connectivity index (χ3v) is 10.8. The van der Waals surface area contributed by atoms with Crippen molar-refractivity contribution in [2.75, 3.05) is 19.6 Å². The second-order valence-electron chi connectivity index (χ2n) is 15.3. The zero-order valence-corrected chi connectivity index (χ0v) is 34.0. The summed E-state index contributed by atoms with van der Waals surface area (Å²) in [5.74, 6) is -4.94. The minimum Gasteiger partial charge on any atom is -0.391 e. The summed E-state index contributed by atoms with van der Waals surface area (Å²) in [7, 11) is 0. The largest absolute Gasteiger partial charge is 0.391 e. The predicted molar refractivity (Wildman–Crippen MR) is 222 cm³/mol. The van der Waals surface area contributed by atoms with Gasteiger partial charge in [-0.1, -0.05) is 38.5 Å². The molecule has 20 heteroatoms. The summed E-state index contributed by atoms with van der Waals surface area (Å²) >= 11 is 0. The van der Waals surface area contributed by atoms with Gasteiger partial charge in [-0.05, 0) is 69.4 Å². The number of nitrogens with zero attached hydrogens (tertiary/aromatic N) is 3. The van der Waals surface area contributed by atoms with E-state index in [1.807, 2.05) is 31.2 Å². The van der Waals surface area contributed by atoms with Gasteiger partial charge in [0.15, 0.2) is 11.9 Å². The number of carbonyl (C=O) groups excluding carboxylic acids is 6. The average Bonchev–Trinajstić information content (AvgIpc) is 3.61. The number of aromatic amines is 1. The van der Waals surface area contributed by atoms with Crippen molar-refractivity contribution in [3.8, 4) is 0 Å². The Morgan fingerprint density at radius 3 is 1.92 bits per heavy atom. The van der Waals surface area contributed by atoms with Crippen LogP contribution in [0.2, 0.25) is 0 Å². The number of nitrogens with one attached hydrogen (secondary N) is 6. The first kappa shape index (κ1) is 45.8. The van der Waals surface area contributed by atoms with Crippen LogP contribution < -0.4 is 49.5 Å². The van der Waals surface area contributed by atoms with E-state index < -0.39 is 83.7 Å². The summed E-state index contributed by atoms with van der Waals surface area (Å²) in [5.41, 5.74) is 23.6. The Kier molecular flexibility index (Phi) is 16.9. The van der Waals surface area contributed by atoms with Crippen molar-refractivity contribution in [3.63, 3.8) is 0 Å². The molecule has 1 aromatic carbocycles. The second-order valence-corrected chi connectivity index (χ2v) is 15.3. The maximum atomic E-state index is 14.7. The normalized spacial score (nSPS) is 24.8. The van der Waals surface area contributed by atoms with Crippen LogP contribution in [0.15, 0.2) is 40.4 Å². The molecule has 2 fully saturated rings. The van der Waals surface area contributed by atoms with Crippen LogP contribution in [0.1, 0.15) is 77.7 Å². The Balaban J connectivity index is 1.81. The highest BCUT2D eigenvalue weighted by atomic mass is 16.3. The number of aliphatic hydroxyl groups excluding tert-OH is 1. The molecule has 59 heavy (non-hydrogen) atoms. The summed E-state index contributed by atoms with van der Waals surface area (Å²) in [6.07, 6.45) is 2.79. The highest BCUT2D eigenvalue weighted by Gasteiger charge is 2.41.